The van der Waals surface area contributed by atoms with Crippen molar-refractivity contribution in [3.8, 4) is 22.8 Å². The molecule has 5 heteroatoms. The Hall–Kier alpha value is -3.47. The predicted octanol–water partition coefficient (Wildman–Crippen LogP) is 5.08. The van der Waals surface area contributed by atoms with E-state index in [0.717, 1.165) is 34.0 Å². The maximum Gasteiger partial charge on any atom is 0.161 e. The van der Waals surface area contributed by atoms with Crippen molar-refractivity contribution in [1.82, 2.24) is 9.38 Å². The standard InChI is InChI=1S/C22H21N3O2/c1-14-4-8-17(9-5-14)23-22-21(16-7-10-18(26)19(12-16)27-3)24-20-11-6-15(2)13-25(20)22/h4-13,23,26H,1-3H3. The number of pyridine rings is 1. The molecule has 0 saturated heterocycles. The Kier molecular flexibility index (Phi) is 4.20. The number of anilines is 2. The van der Waals surface area contributed by atoms with Crippen molar-refractivity contribution in [3.05, 3.63) is 71.9 Å². The predicted molar refractivity (Wildman–Crippen MR) is 108 cm³/mol. The van der Waals surface area contributed by atoms with Gasteiger partial charge in [-0.25, -0.2) is 4.98 Å². The summed E-state index contributed by atoms with van der Waals surface area (Å²) in [4.78, 5) is 4.81. The number of imidazole rings is 1. The van der Waals surface area contributed by atoms with Gasteiger partial charge in [0.15, 0.2) is 11.5 Å². The number of ether oxygens (including phenoxy) is 1. The Morgan fingerprint density at radius 2 is 1.70 bits per heavy atom. The summed E-state index contributed by atoms with van der Waals surface area (Å²) in [7, 11) is 1.54. The van der Waals surface area contributed by atoms with E-state index in [1.54, 1.807) is 12.1 Å². The molecule has 0 saturated carbocycles. The van der Waals surface area contributed by atoms with Gasteiger partial charge in [-0.3, -0.25) is 4.40 Å². The van der Waals surface area contributed by atoms with Gasteiger partial charge in [0.05, 0.1) is 7.11 Å². The fourth-order valence-corrected chi connectivity index (χ4v) is 3.07. The molecule has 4 aromatic rings. The number of rotatable bonds is 4. The number of aromatic hydroxyl groups is 1. The number of hydrogen-bond acceptors (Lipinski definition) is 4. The number of benzene rings is 2. The lowest BCUT2D eigenvalue weighted by Gasteiger charge is -2.11. The first-order valence-electron chi connectivity index (χ1n) is 8.75. The van der Waals surface area contributed by atoms with Crippen LogP contribution in [-0.2, 0) is 0 Å². The molecule has 0 radical (unpaired) electrons. The normalized spacial score (nSPS) is 10.9. The molecule has 2 aromatic heterocycles. The molecular weight excluding hydrogens is 338 g/mol. The van der Waals surface area contributed by atoms with E-state index in [2.05, 4.69) is 37.5 Å². The van der Waals surface area contributed by atoms with E-state index in [0.29, 0.717) is 5.75 Å². The maximum absolute atomic E-state index is 9.92. The highest BCUT2D eigenvalue weighted by Gasteiger charge is 2.16. The number of aromatic nitrogens is 2. The zero-order valence-electron chi connectivity index (χ0n) is 15.5. The van der Waals surface area contributed by atoms with Crippen molar-refractivity contribution in [1.29, 1.82) is 0 Å². The van der Waals surface area contributed by atoms with E-state index < -0.39 is 0 Å². The van der Waals surface area contributed by atoms with Crippen molar-refractivity contribution in [3.63, 3.8) is 0 Å². The van der Waals surface area contributed by atoms with Crippen molar-refractivity contribution >= 4 is 17.2 Å². The lowest BCUT2D eigenvalue weighted by atomic mass is 10.1. The van der Waals surface area contributed by atoms with Gasteiger partial charge in [0.25, 0.3) is 0 Å². The largest absolute Gasteiger partial charge is 0.504 e. The molecule has 0 aliphatic heterocycles. The summed E-state index contributed by atoms with van der Waals surface area (Å²) in [6, 6.07) is 17.5. The van der Waals surface area contributed by atoms with E-state index in [4.69, 9.17) is 9.72 Å². The number of aryl methyl sites for hydroxylation is 2. The molecule has 4 rings (SSSR count). The zero-order chi connectivity index (χ0) is 19.0. The van der Waals surface area contributed by atoms with Gasteiger partial charge in [-0.2, -0.15) is 0 Å². The second-order valence-corrected chi connectivity index (χ2v) is 6.62. The minimum absolute atomic E-state index is 0.105. The van der Waals surface area contributed by atoms with Gasteiger partial charge in [0, 0.05) is 17.4 Å². The number of phenols is 1. The van der Waals surface area contributed by atoms with Crippen LogP contribution in [0.15, 0.2) is 60.8 Å². The smallest absolute Gasteiger partial charge is 0.161 e. The summed E-state index contributed by atoms with van der Waals surface area (Å²) in [5.74, 6) is 1.39. The van der Waals surface area contributed by atoms with Gasteiger partial charge in [-0.15, -0.1) is 0 Å². The van der Waals surface area contributed by atoms with Crippen LogP contribution < -0.4 is 10.1 Å². The van der Waals surface area contributed by atoms with Gasteiger partial charge in [0.2, 0.25) is 0 Å². The summed E-state index contributed by atoms with van der Waals surface area (Å²) in [5, 5.41) is 13.4. The Balaban J connectivity index is 1.90. The SMILES string of the molecule is COc1cc(-c2nc3ccc(C)cn3c2Nc2ccc(C)cc2)ccc1O. The van der Waals surface area contributed by atoms with Crippen LogP contribution in [0.3, 0.4) is 0 Å². The van der Waals surface area contributed by atoms with Crippen LogP contribution in [0.1, 0.15) is 11.1 Å². The van der Waals surface area contributed by atoms with E-state index in [1.165, 1.54) is 12.7 Å². The monoisotopic (exact) mass is 359 g/mol. The molecule has 0 atom stereocenters. The molecule has 0 aliphatic carbocycles. The summed E-state index contributed by atoms with van der Waals surface area (Å²) in [5.41, 5.74) is 5.83. The second kappa shape index (κ2) is 6.68. The topological polar surface area (TPSA) is 58.8 Å². The highest BCUT2D eigenvalue weighted by molar-refractivity contribution is 5.80. The molecule has 2 aromatic carbocycles. The molecule has 0 spiro atoms. The fourth-order valence-electron chi connectivity index (χ4n) is 3.07. The number of nitrogens with zero attached hydrogens (tertiary/aromatic N) is 2. The van der Waals surface area contributed by atoms with Gasteiger partial charge >= 0.3 is 0 Å². The number of phenolic OH excluding ortho intramolecular Hbond substituents is 1. The number of fused-ring (bicyclic) bond motifs is 1. The first kappa shape index (κ1) is 17.0. The molecule has 5 nitrogen and oxygen atoms in total. The van der Waals surface area contributed by atoms with Crippen LogP contribution in [0.5, 0.6) is 11.5 Å². The van der Waals surface area contributed by atoms with E-state index >= 15 is 0 Å². The van der Waals surface area contributed by atoms with Crippen LogP contribution in [0, 0.1) is 13.8 Å². The van der Waals surface area contributed by atoms with E-state index in [1.807, 2.05) is 34.7 Å². The summed E-state index contributed by atoms with van der Waals surface area (Å²) in [6.45, 7) is 4.12. The van der Waals surface area contributed by atoms with Crippen LogP contribution in [0.4, 0.5) is 11.5 Å². The average Bonchev–Trinajstić information content (AvgIpc) is 3.01. The quantitative estimate of drug-likeness (QED) is 0.534. The van der Waals surface area contributed by atoms with Gasteiger partial charge in [0.1, 0.15) is 17.2 Å². The third kappa shape index (κ3) is 3.19. The summed E-state index contributed by atoms with van der Waals surface area (Å²) >= 11 is 0. The lowest BCUT2D eigenvalue weighted by Crippen LogP contribution is -1.97. The minimum Gasteiger partial charge on any atom is -0.504 e. The van der Waals surface area contributed by atoms with Crippen molar-refractivity contribution in [2.45, 2.75) is 13.8 Å². The Bertz CT molecular complexity index is 1110. The van der Waals surface area contributed by atoms with Crippen molar-refractivity contribution < 1.29 is 9.84 Å². The minimum atomic E-state index is 0.105. The third-order valence-electron chi connectivity index (χ3n) is 4.53. The first-order valence-corrected chi connectivity index (χ1v) is 8.75. The molecular formula is C22H21N3O2. The Morgan fingerprint density at radius 1 is 0.963 bits per heavy atom. The highest BCUT2D eigenvalue weighted by atomic mass is 16.5. The molecule has 0 bridgehead atoms. The third-order valence-corrected chi connectivity index (χ3v) is 4.53. The molecule has 136 valence electrons. The number of nitrogens with one attached hydrogen (secondary N) is 1. The zero-order valence-corrected chi connectivity index (χ0v) is 15.5. The van der Waals surface area contributed by atoms with Crippen molar-refractivity contribution in [2.75, 3.05) is 12.4 Å². The molecule has 27 heavy (non-hydrogen) atoms. The van der Waals surface area contributed by atoms with Crippen molar-refractivity contribution in [2.24, 2.45) is 0 Å². The second-order valence-electron chi connectivity index (χ2n) is 6.62. The van der Waals surface area contributed by atoms with Gasteiger partial charge < -0.3 is 15.2 Å². The average molecular weight is 359 g/mol. The van der Waals surface area contributed by atoms with Crippen LogP contribution >= 0.6 is 0 Å². The summed E-state index contributed by atoms with van der Waals surface area (Å²) < 4.78 is 7.31. The maximum atomic E-state index is 9.92. The molecule has 2 heterocycles. The highest BCUT2D eigenvalue weighted by Crippen LogP contribution is 2.36. The van der Waals surface area contributed by atoms with Crippen LogP contribution in [0.2, 0.25) is 0 Å². The van der Waals surface area contributed by atoms with Gasteiger partial charge in [-0.1, -0.05) is 23.8 Å². The fraction of sp³-hybridized carbons (Fsp3) is 0.136. The molecule has 0 amide bonds. The number of hydrogen-bond donors (Lipinski definition) is 2. The first-order chi connectivity index (χ1) is 13.0. The van der Waals surface area contributed by atoms with E-state index in [9.17, 15) is 5.11 Å². The molecule has 0 unspecified atom stereocenters. The lowest BCUT2D eigenvalue weighted by molar-refractivity contribution is 0.373. The molecule has 0 aliphatic rings. The van der Waals surface area contributed by atoms with Crippen LogP contribution in [0.25, 0.3) is 16.9 Å². The Morgan fingerprint density at radius 3 is 2.44 bits per heavy atom. The van der Waals surface area contributed by atoms with Gasteiger partial charge in [-0.05, 0) is 55.8 Å². The number of methoxy groups -OCH3 is 1. The molecule has 0 fully saturated rings. The Labute approximate surface area is 157 Å². The summed E-state index contributed by atoms with van der Waals surface area (Å²) in [6.07, 6.45) is 2.06. The van der Waals surface area contributed by atoms with Crippen LogP contribution in [-0.4, -0.2) is 21.6 Å². The molecule has 2 N–H and O–H groups in total. The van der Waals surface area contributed by atoms with E-state index in [-0.39, 0.29) is 5.75 Å².